The molecule has 1 saturated heterocycles. The van der Waals surface area contributed by atoms with E-state index in [4.69, 9.17) is 0 Å². The summed E-state index contributed by atoms with van der Waals surface area (Å²) in [5.74, 6) is 0.747. The Hall–Kier alpha value is -3.23. The predicted octanol–water partition coefficient (Wildman–Crippen LogP) is 1.47. The van der Waals surface area contributed by atoms with Crippen molar-refractivity contribution in [3.05, 3.63) is 35.0 Å². The molecule has 1 aliphatic heterocycles. The molecule has 1 fully saturated rings. The minimum atomic E-state index is -0.0676. The van der Waals surface area contributed by atoms with Crippen molar-refractivity contribution in [3.63, 3.8) is 0 Å². The number of H-pyrrole nitrogens is 1. The van der Waals surface area contributed by atoms with Crippen molar-refractivity contribution in [2.24, 2.45) is 7.05 Å². The van der Waals surface area contributed by atoms with Gasteiger partial charge in [-0.2, -0.15) is 5.10 Å². The Kier molecular flexibility index (Phi) is 4.37. The molecule has 0 bridgehead atoms. The number of aromatic amines is 1. The van der Waals surface area contributed by atoms with Crippen LogP contribution in [0.15, 0.2) is 12.5 Å². The summed E-state index contributed by atoms with van der Waals surface area (Å²) in [6.07, 6.45) is 3.32. The van der Waals surface area contributed by atoms with Crippen molar-refractivity contribution < 1.29 is 9.59 Å². The molecule has 0 aromatic carbocycles. The quantitative estimate of drug-likeness (QED) is 0.690. The van der Waals surface area contributed by atoms with Gasteiger partial charge in [0.2, 0.25) is 0 Å². The summed E-state index contributed by atoms with van der Waals surface area (Å²) in [6.45, 7) is 7.68. The number of aryl methyl sites for hydroxylation is 2. The molecule has 0 unspecified atom stereocenters. The standard InChI is InChI=1S/C19H23N7O2/c1-11-15(13(3)27)12(2)23-16(11)19(28)26-7-5-25(6-8-26)18-14-9-22-24(4)17(14)20-10-21-18/h9-10,23H,5-8H2,1-4H3. The van der Waals surface area contributed by atoms with E-state index in [2.05, 4.69) is 25.0 Å². The Labute approximate surface area is 162 Å². The van der Waals surface area contributed by atoms with E-state index in [1.165, 1.54) is 6.92 Å². The van der Waals surface area contributed by atoms with Gasteiger partial charge in [-0.05, 0) is 26.3 Å². The Morgan fingerprint density at radius 2 is 1.82 bits per heavy atom. The van der Waals surface area contributed by atoms with Gasteiger partial charge in [-0.25, -0.2) is 9.97 Å². The molecule has 9 nitrogen and oxygen atoms in total. The number of carbonyl (C=O) groups is 2. The monoisotopic (exact) mass is 381 g/mol. The SMILES string of the molecule is CC(=O)c1c(C)[nH]c(C(=O)N2CCN(c3ncnc4c3cnn4C)CC2)c1C. The van der Waals surface area contributed by atoms with E-state index in [0.29, 0.717) is 37.4 Å². The molecular weight excluding hydrogens is 358 g/mol. The molecule has 9 heteroatoms. The lowest BCUT2D eigenvalue weighted by Crippen LogP contribution is -2.49. The zero-order chi connectivity index (χ0) is 20.0. The molecular formula is C19H23N7O2. The second kappa shape index (κ2) is 6.74. The molecule has 28 heavy (non-hydrogen) atoms. The lowest BCUT2D eigenvalue weighted by Gasteiger charge is -2.35. The van der Waals surface area contributed by atoms with E-state index >= 15 is 0 Å². The Balaban J connectivity index is 1.52. The Morgan fingerprint density at radius 1 is 1.11 bits per heavy atom. The van der Waals surface area contributed by atoms with E-state index in [9.17, 15) is 9.59 Å². The number of ketones is 1. The fourth-order valence-electron chi connectivity index (χ4n) is 3.97. The van der Waals surface area contributed by atoms with Crippen LogP contribution in [0.4, 0.5) is 5.82 Å². The van der Waals surface area contributed by atoms with Crippen LogP contribution < -0.4 is 4.90 Å². The van der Waals surface area contributed by atoms with Crippen molar-refractivity contribution in [1.82, 2.24) is 29.6 Å². The molecule has 0 spiro atoms. The topological polar surface area (TPSA) is 100 Å². The molecule has 1 N–H and O–H groups in total. The first kappa shape index (κ1) is 18.1. The number of nitrogens with one attached hydrogen (secondary N) is 1. The molecule has 146 valence electrons. The summed E-state index contributed by atoms with van der Waals surface area (Å²) in [6, 6.07) is 0. The maximum Gasteiger partial charge on any atom is 0.270 e. The molecule has 4 heterocycles. The molecule has 0 aliphatic carbocycles. The lowest BCUT2D eigenvalue weighted by molar-refractivity contribution is 0.0740. The number of hydrogen-bond acceptors (Lipinski definition) is 6. The molecule has 0 saturated carbocycles. The van der Waals surface area contributed by atoms with Crippen LogP contribution in [0, 0.1) is 13.8 Å². The van der Waals surface area contributed by atoms with Gasteiger partial charge in [0.1, 0.15) is 17.8 Å². The van der Waals surface area contributed by atoms with E-state index in [1.54, 1.807) is 17.2 Å². The van der Waals surface area contributed by atoms with Gasteiger partial charge in [-0.15, -0.1) is 0 Å². The van der Waals surface area contributed by atoms with Crippen molar-refractivity contribution in [1.29, 1.82) is 0 Å². The zero-order valence-corrected chi connectivity index (χ0v) is 16.5. The van der Waals surface area contributed by atoms with Crippen LogP contribution in [0.25, 0.3) is 11.0 Å². The van der Waals surface area contributed by atoms with Gasteiger partial charge in [0.25, 0.3) is 5.91 Å². The molecule has 3 aromatic rings. The number of anilines is 1. The van der Waals surface area contributed by atoms with Gasteiger partial charge in [0.05, 0.1) is 11.6 Å². The maximum atomic E-state index is 13.0. The zero-order valence-electron chi connectivity index (χ0n) is 16.5. The molecule has 1 aliphatic rings. The predicted molar refractivity (Wildman–Crippen MR) is 105 cm³/mol. The highest BCUT2D eigenvalue weighted by molar-refractivity contribution is 6.02. The average Bonchev–Trinajstić information content (AvgIpc) is 3.20. The third kappa shape index (κ3) is 2.83. The number of carbonyl (C=O) groups excluding carboxylic acids is 2. The smallest absolute Gasteiger partial charge is 0.270 e. The molecule has 3 aromatic heterocycles. The molecule has 4 rings (SSSR count). The van der Waals surface area contributed by atoms with Crippen LogP contribution in [0.2, 0.25) is 0 Å². The van der Waals surface area contributed by atoms with Crippen LogP contribution in [0.1, 0.15) is 39.0 Å². The second-order valence-corrected chi connectivity index (χ2v) is 7.16. The van der Waals surface area contributed by atoms with Gasteiger partial charge >= 0.3 is 0 Å². The molecule has 0 radical (unpaired) electrons. The fraction of sp³-hybridized carbons (Fsp3) is 0.421. The summed E-state index contributed by atoms with van der Waals surface area (Å²) in [5.41, 5.74) is 3.38. The second-order valence-electron chi connectivity index (χ2n) is 7.16. The first-order valence-corrected chi connectivity index (χ1v) is 9.25. The van der Waals surface area contributed by atoms with Gasteiger partial charge in [0.15, 0.2) is 11.4 Å². The van der Waals surface area contributed by atoms with Crippen LogP contribution in [0.3, 0.4) is 0 Å². The van der Waals surface area contributed by atoms with Crippen molar-refractivity contribution in [3.8, 4) is 0 Å². The highest BCUT2D eigenvalue weighted by atomic mass is 16.2. The third-order valence-corrected chi connectivity index (χ3v) is 5.38. The van der Waals surface area contributed by atoms with Crippen LogP contribution in [0.5, 0.6) is 0 Å². The lowest BCUT2D eigenvalue weighted by atomic mass is 10.1. The van der Waals surface area contributed by atoms with E-state index < -0.39 is 0 Å². The van der Waals surface area contributed by atoms with Gasteiger partial charge in [0, 0.05) is 44.5 Å². The van der Waals surface area contributed by atoms with Crippen LogP contribution >= 0.6 is 0 Å². The number of aromatic nitrogens is 5. The minimum Gasteiger partial charge on any atom is -0.354 e. The largest absolute Gasteiger partial charge is 0.354 e. The Morgan fingerprint density at radius 3 is 2.46 bits per heavy atom. The number of Topliss-reactive ketones (excluding diaryl/α,β-unsaturated/α-hetero) is 1. The highest BCUT2D eigenvalue weighted by Gasteiger charge is 2.28. The van der Waals surface area contributed by atoms with Gasteiger partial charge < -0.3 is 14.8 Å². The van der Waals surface area contributed by atoms with Gasteiger partial charge in [-0.3, -0.25) is 14.3 Å². The summed E-state index contributed by atoms with van der Waals surface area (Å²) in [5, 5.41) is 5.17. The van der Waals surface area contributed by atoms with E-state index in [1.807, 2.05) is 25.8 Å². The van der Waals surface area contributed by atoms with Crippen molar-refractivity contribution in [2.75, 3.05) is 31.1 Å². The van der Waals surface area contributed by atoms with Crippen molar-refractivity contribution >= 4 is 28.5 Å². The van der Waals surface area contributed by atoms with Crippen molar-refractivity contribution in [2.45, 2.75) is 20.8 Å². The number of rotatable bonds is 3. The average molecular weight is 381 g/mol. The van der Waals surface area contributed by atoms with E-state index in [-0.39, 0.29) is 11.7 Å². The highest BCUT2D eigenvalue weighted by Crippen LogP contribution is 2.24. The fourth-order valence-corrected chi connectivity index (χ4v) is 3.97. The molecule has 0 atom stereocenters. The summed E-state index contributed by atoms with van der Waals surface area (Å²) >= 11 is 0. The maximum absolute atomic E-state index is 13.0. The number of amides is 1. The summed E-state index contributed by atoms with van der Waals surface area (Å²) in [4.78, 5) is 40.6. The van der Waals surface area contributed by atoms with E-state index in [0.717, 1.165) is 28.1 Å². The first-order chi connectivity index (χ1) is 13.4. The first-order valence-electron chi connectivity index (χ1n) is 9.25. The summed E-state index contributed by atoms with van der Waals surface area (Å²) in [7, 11) is 1.85. The van der Waals surface area contributed by atoms with Gasteiger partial charge in [-0.1, -0.05) is 0 Å². The van der Waals surface area contributed by atoms with Crippen LogP contribution in [-0.4, -0.2) is 67.5 Å². The normalized spacial score (nSPS) is 14.7. The molecule has 1 amide bonds. The number of hydrogen-bond donors (Lipinski definition) is 1. The number of piperazine rings is 1. The Bertz CT molecular complexity index is 1070. The number of nitrogens with zero attached hydrogens (tertiary/aromatic N) is 6. The third-order valence-electron chi connectivity index (χ3n) is 5.38. The van der Waals surface area contributed by atoms with Crippen LogP contribution in [-0.2, 0) is 7.05 Å². The minimum absolute atomic E-state index is 0.0284. The number of fused-ring (bicyclic) bond motifs is 1. The summed E-state index contributed by atoms with van der Waals surface area (Å²) < 4.78 is 1.73.